The Balaban J connectivity index is 0.00000220. The Bertz CT molecular complexity index is 419. The third-order valence-electron chi connectivity index (χ3n) is 3.48. The van der Waals surface area contributed by atoms with E-state index in [0.29, 0.717) is 6.04 Å². The maximum absolute atomic E-state index is 12.3. The average molecular weight is 341 g/mol. The molecule has 0 unspecified atom stereocenters. The second kappa shape index (κ2) is 8.27. The fraction of sp³-hybridized carbons (Fsp3) is 0.571. The molecule has 0 spiro atoms. The van der Waals surface area contributed by atoms with Crippen LogP contribution in [0.15, 0.2) is 29.2 Å². The van der Waals surface area contributed by atoms with Crippen molar-refractivity contribution in [3.8, 4) is 0 Å². The van der Waals surface area contributed by atoms with Gasteiger partial charge in [0.25, 0.3) is 0 Å². The summed E-state index contributed by atoms with van der Waals surface area (Å²) in [5.41, 5.74) is -3.12. The minimum atomic E-state index is -4.22. The Morgan fingerprint density at radius 3 is 2.24 bits per heavy atom. The summed E-state index contributed by atoms with van der Waals surface area (Å²) in [4.78, 5) is 2.64. The molecule has 7 heteroatoms. The largest absolute Gasteiger partial charge is 0.446 e. The molecule has 0 aliphatic carbocycles. The van der Waals surface area contributed by atoms with Crippen molar-refractivity contribution in [3.05, 3.63) is 29.8 Å². The number of benzene rings is 1. The van der Waals surface area contributed by atoms with Crippen molar-refractivity contribution in [2.24, 2.45) is 0 Å². The normalized spacial score (nSPS) is 18.1. The van der Waals surface area contributed by atoms with E-state index in [2.05, 4.69) is 17.1 Å². The van der Waals surface area contributed by atoms with Crippen LogP contribution in [0.1, 0.15) is 24.9 Å². The van der Waals surface area contributed by atoms with E-state index in [1.807, 2.05) is 12.1 Å². The van der Waals surface area contributed by atoms with Gasteiger partial charge in [0.15, 0.2) is 0 Å². The summed E-state index contributed by atoms with van der Waals surface area (Å²) in [6, 6.07) is 7.08. The number of nitrogens with one attached hydrogen (secondary N) is 1. The second-order valence-electron chi connectivity index (χ2n) is 4.83. The molecule has 2 nitrogen and oxygen atoms in total. The van der Waals surface area contributed by atoms with Crippen molar-refractivity contribution >= 4 is 24.2 Å². The lowest BCUT2D eigenvalue weighted by molar-refractivity contribution is -0.0328. The summed E-state index contributed by atoms with van der Waals surface area (Å²) in [5, 5.41) is 3.31. The maximum atomic E-state index is 12.3. The van der Waals surface area contributed by atoms with Crippen LogP contribution >= 0.6 is 24.2 Å². The number of nitrogens with zero attached hydrogens (tertiary/aromatic N) is 1. The molecule has 0 radical (unpaired) electrons. The molecule has 1 saturated heterocycles. The second-order valence-corrected chi connectivity index (χ2v) is 5.97. The number of hydrogen-bond acceptors (Lipinski definition) is 3. The Kier molecular flexibility index (Phi) is 7.33. The molecule has 1 aliphatic heterocycles. The molecule has 120 valence electrons. The molecule has 1 aliphatic rings. The Morgan fingerprint density at radius 1 is 1.19 bits per heavy atom. The number of hydrogen-bond donors (Lipinski definition) is 1. The van der Waals surface area contributed by atoms with Crippen LogP contribution in [-0.2, 0) is 0 Å². The zero-order valence-corrected chi connectivity index (χ0v) is 13.5. The van der Waals surface area contributed by atoms with Gasteiger partial charge in [-0.15, -0.1) is 12.4 Å². The lowest BCUT2D eigenvalue weighted by Crippen LogP contribution is -2.45. The molecule has 1 heterocycles. The Hall–Kier alpha value is -0.430. The molecule has 0 bridgehead atoms. The highest BCUT2D eigenvalue weighted by atomic mass is 35.5. The molecule has 1 aromatic carbocycles. The van der Waals surface area contributed by atoms with E-state index >= 15 is 0 Å². The van der Waals surface area contributed by atoms with Crippen LogP contribution in [-0.4, -0.2) is 36.6 Å². The first-order valence-corrected chi connectivity index (χ1v) is 7.61. The lowest BCUT2D eigenvalue weighted by atomic mass is 10.0. The smallest absolute Gasteiger partial charge is 0.314 e. The molecule has 2 rings (SSSR count). The fourth-order valence-corrected chi connectivity index (χ4v) is 3.13. The number of alkyl halides is 3. The minimum absolute atomic E-state index is 0. The summed E-state index contributed by atoms with van der Waals surface area (Å²) in [5.74, 6) is 0. The highest BCUT2D eigenvalue weighted by Crippen LogP contribution is 2.37. The monoisotopic (exact) mass is 340 g/mol. The van der Waals surface area contributed by atoms with Gasteiger partial charge < -0.3 is 5.32 Å². The van der Waals surface area contributed by atoms with Gasteiger partial charge in [0.1, 0.15) is 0 Å². The topological polar surface area (TPSA) is 15.3 Å². The molecule has 0 amide bonds. The van der Waals surface area contributed by atoms with Gasteiger partial charge in [-0.05, 0) is 35.9 Å². The first kappa shape index (κ1) is 18.6. The summed E-state index contributed by atoms with van der Waals surface area (Å²) >= 11 is -0.0593. The lowest BCUT2D eigenvalue weighted by Gasteiger charge is -2.34. The number of rotatable bonds is 4. The maximum Gasteiger partial charge on any atom is 0.446 e. The van der Waals surface area contributed by atoms with Crippen LogP contribution in [0, 0.1) is 0 Å². The van der Waals surface area contributed by atoms with Crippen molar-refractivity contribution in [1.82, 2.24) is 10.2 Å². The van der Waals surface area contributed by atoms with E-state index in [9.17, 15) is 13.2 Å². The molecule has 0 aromatic heterocycles. The molecule has 1 fully saturated rings. The Morgan fingerprint density at radius 2 is 1.76 bits per heavy atom. The van der Waals surface area contributed by atoms with Crippen LogP contribution in [0.2, 0.25) is 0 Å². The van der Waals surface area contributed by atoms with Gasteiger partial charge in [0.05, 0.1) is 0 Å². The zero-order valence-electron chi connectivity index (χ0n) is 11.8. The van der Waals surface area contributed by atoms with Gasteiger partial charge in [-0.1, -0.05) is 19.1 Å². The fourth-order valence-electron chi connectivity index (χ4n) is 2.59. The van der Waals surface area contributed by atoms with Gasteiger partial charge in [-0.3, -0.25) is 4.90 Å². The highest BCUT2D eigenvalue weighted by molar-refractivity contribution is 8.00. The summed E-state index contributed by atoms with van der Waals surface area (Å²) in [6.45, 7) is 6.03. The Labute approximate surface area is 133 Å². The van der Waals surface area contributed by atoms with E-state index < -0.39 is 5.51 Å². The third-order valence-corrected chi connectivity index (χ3v) is 4.22. The average Bonchev–Trinajstić information content (AvgIpc) is 2.41. The van der Waals surface area contributed by atoms with E-state index in [4.69, 9.17) is 0 Å². The molecule has 1 N–H and O–H groups in total. The van der Waals surface area contributed by atoms with E-state index in [1.54, 1.807) is 12.1 Å². The van der Waals surface area contributed by atoms with E-state index in [1.165, 1.54) is 0 Å². The first-order chi connectivity index (χ1) is 9.49. The predicted octanol–water partition coefficient (Wildman–Crippen LogP) is 4.08. The zero-order chi connectivity index (χ0) is 14.6. The molecule has 0 saturated carbocycles. The number of halogens is 4. The van der Waals surface area contributed by atoms with Gasteiger partial charge in [0.2, 0.25) is 0 Å². The predicted molar refractivity (Wildman–Crippen MR) is 83.1 cm³/mol. The minimum Gasteiger partial charge on any atom is -0.314 e. The van der Waals surface area contributed by atoms with Gasteiger partial charge >= 0.3 is 5.51 Å². The van der Waals surface area contributed by atoms with Crippen molar-refractivity contribution in [1.29, 1.82) is 0 Å². The molecule has 21 heavy (non-hydrogen) atoms. The summed E-state index contributed by atoms with van der Waals surface area (Å²) in [7, 11) is 0. The van der Waals surface area contributed by atoms with Crippen molar-refractivity contribution < 1.29 is 13.2 Å². The SMILES string of the molecule is CC[C@@H](c1ccc(SC(F)(F)F)cc1)N1CCNCC1.Cl. The molecular formula is C14H20ClF3N2S. The third kappa shape index (κ3) is 5.70. The quantitative estimate of drug-likeness (QED) is 0.831. The molecule has 1 aromatic rings. The van der Waals surface area contributed by atoms with Gasteiger partial charge in [-0.2, -0.15) is 13.2 Å². The first-order valence-electron chi connectivity index (χ1n) is 6.80. The van der Waals surface area contributed by atoms with Crippen LogP contribution in [0.5, 0.6) is 0 Å². The van der Waals surface area contributed by atoms with E-state index in [0.717, 1.165) is 38.2 Å². The molecule has 1 atom stereocenters. The summed E-state index contributed by atoms with van der Waals surface area (Å²) in [6.07, 6.45) is 0.964. The van der Waals surface area contributed by atoms with Gasteiger partial charge in [-0.25, -0.2) is 0 Å². The number of piperazine rings is 1. The van der Waals surface area contributed by atoms with Crippen LogP contribution in [0.3, 0.4) is 0 Å². The highest BCUT2D eigenvalue weighted by Gasteiger charge is 2.29. The number of thioether (sulfide) groups is 1. The van der Waals surface area contributed by atoms with Gasteiger partial charge in [0, 0.05) is 37.1 Å². The molecular weight excluding hydrogens is 321 g/mol. The summed E-state index contributed by atoms with van der Waals surface area (Å²) < 4.78 is 36.9. The van der Waals surface area contributed by atoms with Crippen LogP contribution in [0.25, 0.3) is 0 Å². The standard InChI is InChI=1S/C14H19F3N2S.ClH/c1-2-13(19-9-7-18-8-10-19)11-3-5-12(6-4-11)20-14(15,16)17;/h3-6,13,18H,2,7-10H2,1H3;1H/t13-;/m0./s1. The van der Waals surface area contributed by atoms with Crippen molar-refractivity contribution in [3.63, 3.8) is 0 Å². The van der Waals surface area contributed by atoms with Crippen LogP contribution < -0.4 is 5.32 Å². The van der Waals surface area contributed by atoms with Crippen LogP contribution in [0.4, 0.5) is 13.2 Å². The van der Waals surface area contributed by atoms with Crippen molar-refractivity contribution in [2.75, 3.05) is 26.2 Å². The van der Waals surface area contributed by atoms with Crippen molar-refractivity contribution in [2.45, 2.75) is 29.8 Å². The van der Waals surface area contributed by atoms with E-state index in [-0.39, 0.29) is 29.1 Å².